The average Bonchev–Trinajstić information content (AvgIpc) is 3.12. The number of hydrogen-bond acceptors (Lipinski definition) is 5. The molecule has 7 nitrogen and oxygen atoms in total. The molecule has 0 bridgehead atoms. The number of benzene rings is 2. The number of fused-ring (bicyclic) bond motifs is 2. The SMILES string of the molecule is C#CCn1nc(CNC(=O)Cc2noc3ccccc23)c2ccccc2c1=O. The third-order valence-electron chi connectivity index (χ3n) is 4.42. The van der Waals surface area contributed by atoms with Crippen molar-refractivity contribution < 1.29 is 9.32 Å². The van der Waals surface area contributed by atoms with E-state index in [1.807, 2.05) is 24.3 Å². The monoisotopic (exact) mass is 372 g/mol. The molecule has 138 valence electrons. The van der Waals surface area contributed by atoms with Gasteiger partial charge >= 0.3 is 0 Å². The minimum Gasteiger partial charge on any atom is -0.356 e. The van der Waals surface area contributed by atoms with Gasteiger partial charge in [0.2, 0.25) is 5.91 Å². The minimum atomic E-state index is -0.252. The molecule has 0 atom stereocenters. The van der Waals surface area contributed by atoms with Gasteiger partial charge in [-0.25, -0.2) is 4.68 Å². The van der Waals surface area contributed by atoms with Gasteiger partial charge < -0.3 is 9.84 Å². The molecule has 1 amide bonds. The third kappa shape index (κ3) is 3.23. The fourth-order valence-corrected chi connectivity index (χ4v) is 3.09. The second-order valence-corrected chi connectivity index (χ2v) is 6.24. The van der Waals surface area contributed by atoms with Crippen molar-refractivity contribution in [1.82, 2.24) is 20.3 Å². The maximum atomic E-state index is 12.4. The standard InChI is InChI=1S/C21H16N4O3/c1-2-11-25-21(27)15-8-4-3-7-14(15)18(23-25)13-22-20(26)12-17-16-9-5-6-10-19(16)28-24-17/h1,3-10H,11-13H2,(H,22,26). The van der Waals surface area contributed by atoms with Crippen LogP contribution in [0.2, 0.25) is 0 Å². The van der Waals surface area contributed by atoms with E-state index in [1.165, 1.54) is 4.68 Å². The quantitative estimate of drug-likeness (QED) is 0.542. The Labute approximate surface area is 159 Å². The van der Waals surface area contributed by atoms with Crippen molar-refractivity contribution >= 4 is 27.6 Å². The number of para-hydroxylation sites is 1. The van der Waals surface area contributed by atoms with Crippen molar-refractivity contribution in [2.75, 3.05) is 0 Å². The van der Waals surface area contributed by atoms with Crippen LogP contribution in [0.25, 0.3) is 21.7 Å². The molecule has 0 unspecified atom stereocenters. The van der Waals surface area contributed by atoms with E-state index in [2.05, 4.69) is 21.5 Å². The number of carbonyl (C=O) groups is 1. The fraction of sp³-hybridized carbons (Fsp3) is 0.143. The number of carbonyl (C=O) groups excluding carboxylic acids is 1. The number of aromatic nitrogens is 3. The van der Waals surface area contributed by atoms with E-state index in [0.29, 0.717) is 27.7 Å². The van der Waals surface area contributed by atoms with Gasteiger partial charge in [0.05, 0.1) is 24.0 Å². The molecule has 0 spiro atoms. The Morgan fingerprint density at radius 3 is 2.57 bits per heavy atom. The van der Waals surface area contributed by atoms with Crippen LogP contribution in [0.5, 0.6) is 0 Å². The molecular weight excluding hydrogens is 356 g/mol. The smallest absolute Gasteiger partial charge is 0.275 e. The van der Waals surface area contributed by atoms with Gasteiger partial charge in [-0.15, -0.1) is 6.42 Å². The number of nitrogens with one attached hydrogen (secondary N) is 1. The van der Waals surface area contributed by atoms with Crippen LogP contribution >= 0.6 is 0 Å². The highest BCUT2D eigenvalue weighted by atomic mass is 16.5. The topological polar surface area (TPSA) is 90.0 Å². The summed E-state index contributed by atoms with van der Waals surface area (Å²) in [5.74, 6) is 2.20. The first-order chi connectivity index (χ1) is 13.7. The molecule has 0 aliphatic heterocycles. The van der Waals surface area contributed by atoms with Crippen molar-refractivity contribution in [1.29, 1.82) is 0 Å². The first-order valence-electron chi connectivity index (χ1n) is 8.69. The van der Waals surface area contributed by atoms with Crippen molar-refractivity contribution in [2.45, 2.75) is 19.5 Å². The van der Waals surface area contributed by atoms with E-state index in [9.17, 15) is 9.59 Å². The third-order valence-corrected chi connectivity index (χ3v) is 4.42. The zero-order valence-corrected chi connectivity index (χ0v) is 14.9. The molecular formula is C21H16N4O3. The summed E-state index contributed by atoms with van der Waals surface area (Å²) in [6.45, 7) is 0.232. The lowest BCUT2D eigenvalue weighted by Gasteiger charge is -2.10. The summed E-state index contributed by atoms with van der Waals surface area (Å²) in [5, 5.41) is 13.1. The number of hydrogen-bond donors (Lipinski definition) is 1. The summed E-state index contributed by atoms with van der Waals surface area (Å²) < 4.78 is 6.46. The summed E-state index contributed by atoms with van der Waals surface area (Å²) in [5.41, 5.74) is 1.53. The van der Waals surface area contributed by atoms with Crippen LogP contribution in [-0.2, 0) is 24.3 Å². The molecule has 2 aromatic heterocycles. The highest BCUT2D eigenvalue weighted by molar-refractivity contribution is 5.87. The zero-order chi connectivity index (χ0) is 19.5. The number of amides is 1. The van der Waals surface area contributed by atoms with Gasteiger partial charge in [-0.2, -0.15) is 5.10 Å². The van der Waals surface area contributed by atoms with E-state index in [0.717, 1.165) is 5.39 Å². The van der Waals surface area contributed by atoms with E-state index < -0.39 is 0 Å². The minimum absolute atomic E-state index is 0.0650. The average molecular weight is 372 g/mol. The maximum Gasteiger partial charge on any atom is 0.275 e. The van der Waals surface area contributed by atoms with Crippen molar-refractivity contribution in [3.05, 3.63) is 70.3 Å². The van der Waals surface area contributed by atoms with E-state index in [1.54, 1.807) is 24.3 Å². The van der Waals surface area contributed by atoms with Crippen molar-refractivity contribution in [3.63, 3.8) is 0 Å². The highest BCUT2D eigenvalue weighted by Crippen LogP contribution is 2.18. The summed E-state index contributed by atoms with van der Waals surface area (Å²) in [7, 11) is 0. The zero-order valence-electron chi connectivity index (χ0n) is 14.9. The summed E-state index contributed by atoms with van der Waals surface area (Å²) >= 11 is 0. The largest absolute Gasteiger partial charge is 0.356 e. The molecule has 0 radical (unpaired) electrons. The van der Waals surface area contributed by atoms with Gasteiger partial charge in [0.1, 0.15) is 12.2 Å². The van der Waals surface area contributed by atoms with Crippen LogP contribution in [-0.4, -0.2) is 20.8 Å². The molecule has 0 fully saturated rings. The lowest BCUT2D eigenvalue weighted by atomic mass is 10.1. The molecule has 4 aromatic rings. The van der Waals surface area contributed by atoms with E-state index in [-0.39, 0.29) is 31.0 Å². The molecule has 0 aliphatic carbocycles. The summed E-state index contributed by atoms with van der Waals surface area (Å²) in [4.78, 5) is 24.9. The fourth-order valence-electron chi connectivity index (χ4n) is 3.09. The Morgan fingerprint density at radius 1 is 1.07 bits per heavy atom. The molecule has 1 N–H and O–H groups in total. The molecule has 2 aromatic carbocycles. The molecule has 28 heavy (non-hydrogen) atoms. The van der Waals surface area contributed by atoms with Crippen LogP contribution in [0, 0.1) is 12.3 Å². The molecule has 0 saturated carbocycles. The molecule has 0 aliphatic rings. The Bertz CT molecular complexity index is 1280. The van der Waals surface area contributed by atoms with Crippen LogP contribution in [0.15, 0.2) is 57.8 Å². The Kier molecular flexibility index (Phi) is 4.60. The molecule has 4 rings (SSSR count). The van der Waals surface area contributed by atoms with Crippen LogP contribution < -0.4 is 10.9 Å². The first kappa shape index (κ1) is 17.5. The van der Waals surface area contributed by atoms with Gasteiger partial charge in [-0.3, -0.25) is 9.59 Å². The van der Waals surface area contributed by atoms with Crippen molar-refractivity contribution in [2.24, 2.45) is 0 Å². The highest BCUT2D eigenvalue weighted by Gasteiger charge is 2.14. The van der Waals surface area contributed by atoms with Crippen LogP contribution in [0.3, 0.4) is 0 Å². The Hall–Kier alpha value is -3.92. The number of rotatable bonds is 5. The predicted octanol–water partition coefficient (Wildman–Crippen LogP) is 2.03. The van der Waals surface area contributed by atoms with Crippen LogP contribution in [0.1, 0.15) is 11.4 Å². The van der Waals surface area contributed by atoms with Gasteiger partial charge in [-0.1, -0.05) is 41.4 Å². The second kappa shape index (κ2) is 7.37. The Morgan fingerprint density at radius 2 is 1.79 bits per heavy atom. The summed E-state index contributed by atoms with van der Waals surface area (Å²) in [6.07, 6.45) is 5.41. The number of nitrogens with zero attached hydrogens (tertiary/aromatic N) is 3. The predicted molar refractivity (Wildman–Crippen MR) is 104 cm³/mol. The first-order valence-corrected chi connectivity index (χ1v) is 8.69. The maximum absolute atomic E-state index is 12.4. The summed E-state index contributed by atoms with van der Waals surface area (Å²) in [6, 6.07) is 14.5. The van der Waals surface area contributed by atoms with Gasteiger partial charge in [0.25, 0.3) is 5.56 Å². The second-order valence-electron chi connectivity index (χ2n) is 6.24. The van der Waals surface area contributed by atoms with Gasteiger partial charge in [0.15, 0.2) is 5.58 Å². The van der Waals surface area contributed by atoms with E-state index >= 15 is 0 Å². The molecule has 2 heterocycles. The lowest BCUT2D eigenvalue weighted by Crippen LogP contribution is -2.29. The number of terminal acetylenes is 1. The van der Waals surface area contributed by atoms with Gasteiger partial charge in [-0.05, 0) is 18.2 Å². The normalized spacial score (nSPS) is 10.8. The van der Waals surface area contributed by atoms with Gasteiger partial charge in [0, 0.05) is 10.8 Å². The van der Waals surface area contributed by atoms with Crippen molar-refractivity contribution in [3.8, 4) is 12.3 Å². The Balaban J connectivity index is 1.57. The lowest BCUT2D eigenvalue weighted by molar-refractivity contribution is -0.120. The molecule has 7 heteroatoms. The van der Waals surface area contributed by atoms with E-state index in [4.69, 9.17) is 10.9 Å². The van der Waals surface area contributed by atoms with Crippen LogP contribution in [0.4, 0.5) is 0 Å². The molecule has 0 saturated heterocycles.